The summed E-state index contributed by atoms with van der Waals surface area (Å²) in [5.41, 5.74) is 2.36. The van der Waals surface area contributed by atoms with Gasteiger partial charge in [0.15, 0.2) is 23.0 Å². The van der Waals surface area contributed by atoms with Gasteiger partial charge in [-0.2, -0.15) is 0 Å². The molecule has 0 amide bonds. The SMILES string of the molecule is COC(=O)c1cc(Nc2ccc3c(c2)OCO3)c(C(=O)OC)cc1Nc1ccc2c(c1)OCO2. The molecular weight excluding hydrogens is 444 g/mol. The Bertz CT molecular complexity index is 1190. The lowest BCUT2D eigenvalue weighted by Gasteiger charge is -2.17. The predicted octanol–water partition coefficient (Wildman–Crippen LogP) is 4.20. The van der Waals surface area contributed by atoms with Crippen LogP contribution < -0.4 is 29.6 Å². The van der Waals surface area contributed by atoms with E-state index in [0.717, 1.165) is 0 Å². The van der Waals surface area contributed by atoms with E-state index in [-0.39, 0.29) is 24.7 Å². The molecule has 0 aliphatic carbocycles. The van der Waals surface area contributed by atoms with Gasteiger partial charge in [-0.05, 0) is 36.4 Å². The van der Waals surface area contributed by atoms with Gasteiger partial charge >= 0.3 is 11.9 Å². The van der Waals surface area contributed by atoms with E-state index < -0.39 is 11.9 Å². The van der Waals surface area contributed by atoms with Crippen molar-refractivity contribution in [3.8, 4) is 23.0 Å². The Morgan fingerprint density at radius 3 is 1.47 bits per heavy atom. The van der Waals surface area contributed by atoms with Crippen LogP contribution in [0.2, 0.25) is 0 Å². The van der Waals surface area contributed by atoms with Crippen LogP contribution in [0.4, 0.5) is 22.7 Å². The summed E-state index contributed by atoms with van der Waals surface area (Å²) < 4.78 is 31.5. The summed E-state index contributed by atoms with van der Waals surface area (Å²) in [6, 6.07) is 13.6. The fraction of sp³-hybridized carbons (Fsp3) is 0.167. The zero-order valence-corrected chi connectivity index (χ0v) is 18.3. The summed E-state index contributed by atoms with van der Waals surface area (Å²) >= 11 is 0. The number of hydrogen-bond acceptors (Lipinski definition) is 10. The van der Waals surface area contributed by atoms with Crippen LogP contribution in [0.25, 0.3) is 0 Å². The molecule has 0 spiro atoms. The summed E-state index contributed by atoms with van der Waals surface area (Å²) in [5, 5.41) is 6.31. The fourth-order valence-corrected chi connectivity index (χ4v) is 3.62. The van der Waals surface area contributed by atoms with Gasteiger partial charge in [0, 0.05) is 23.5 Å². The van der Waals surface area contributed by atoms with Crippen molar-refractivity contribution in [3.05, 3.63) is 59.7 Å². The van der Waals surface area contributed by atoms with Crippen molar-refractivity contribution < 1.29 is 38.0 Å². The third kappa shape index (κ3) is 3.96. The van der Waals surface area contributed by atoms with E-state index in [2.05, 4.69) is 10.6 Å². The van der Waals surface area contributed by atoms with Crippen LogP contribution >= 0.6 is 0 Å². The van der Waals surface area contributed by atoms with Gasteiger partial charge in [0.1, 0.15) is 0 Å². The first-order valence-electron chi connectivity index (χ1n) is 10.2. The first-order valence-corrected chi connectivity index (χ1v) is 10.2. The first-order chi connectivity index (χ1) is 16.6. The number of carbonyl (C=O) groups is 2. The smallest absolute Gasteiger partial charge is 0.340 e. The van der Waals surface area contributed by atoms with Crippen LogP contribution in [0, 0.1) is 0 Å². The van der Waals surface area contributed by atoms with Gasteiger partial charge in [-0.25, -0.2) is 9.59 Å². The summed E-state index contributed by atoms with van der Waals surface area (Å²) in [7, 11) is 2.57. The van der Waals surface area contributed by atoms with Crippen LogP contribution in [-0.2, 0) is 9.47 Å². The van der Waals surface area contributed by atoms with Crippen LogP contribution in [0.15, 0.2) is 48.5 Å². The molecule has 10 nitrogen and oxygen atoms in total. The standard InChI is InChI=1S/C24H20N2O8/c1-29-23(27)15-9-18(26-14-4-6-20-22(8-14)34-12-32-20)16(24(28)30-2)10-17(15)25-13-3-5-19-21(7-13)33-11-31-19/h3-10,25-26H,11-12H2,1-2H3. The summed E-state index contributed by atoms with van der Waals surface area (Å²) in [4.78, 5) is 25.3. The second-order valence-electron chi connectivity index (χ2n) is 7.31. The van der Waals surface area contributed by atoms with E-state index in [1.54, 1.807) is 36.4 Å². The van der Waals surface area contributed by atoms with Gasteiger partial charge in [0.25, 0.3) is 0 Å². The molecule has 5 rings (SSSR count). The highest BCUT2D eigenvalue weighted by molar-refractivity contribution is 6.04. The maximum Gasteiger partial charge on any atom is 0.340 e. The Balaban J connectivity index is 1.55. The van der Waals surface area contributed by atoms with Crippen molar-refractivity contribution in [3.63, 3.8) is 0 Å². The van der Waals surface area contributed by atoms with Crippen LogP contribution in [0.5, 0.6) is 23.0 Å². The Labute approximate surface area is 194 Å². The summed E-state index contributed by atoms with van der Waals surface area (Å²) in [6.45, 7) is 0.276. The zero-order chi connectivity index (χ0) is 23.7. The van der Waals surface area contributed by atoms with E-state index in [1.807, 2.05) is 0 Å². The average Bonchev–Trinajstić information content (AvgIpc) is 3.52. The third-order valence-electron chi connectivity index (χ3n) is 5.27. The molecule has 0 fully saturated rings. The number of carbonyl (C=O) groups excluding carboxylic acids is 2. The summed E-state index contributed by atoms with van der Waals surface area (Å²) in [6.07, 6.45) is 0. The molecule has 0 unspecified atom stereocenters. The van der Waals surface area contributed by atoms with Gasteiger partial charge in [0.2, 0.25) is 13.6 Å². The predicted molar refractivity (Wildman–Crippen MR) is 121 cm³/mol. The van der Waals surface area contributed by atoms with Crippen molar-refractivity contribution in [1.82, 2.24) is 0 Å². The van der Waals surface area contributed by atoms with Crippen molar-refractivity contribution in [1.29, 1.82) is 0 Å². The minimum absolute atomic E-state index is 0.138. The maximum absolute atomic E-state index is 12.6. The molecule has 2 N–H and O–H groups in total. The van der Waals surface area contributed by atoms with Gasteiger partial charge in [-0.1, -0.05) is 0 Å². The number of hydrogen-bond donors (Lipinski definition) is 2. The number of rotatable bonds is 6. The molecule has 0 radical (unpaired) electrons. The monoisotopic (exact) mass is 464 g/mol. The van der Waals surface area contributed by atoms with Crippen LogP contribution in [-0.4, -0.2) is 39.7 Å². The third-order valence-corrected chi connectivity index (χ3v) is 5.27. The quantitative estimate of drug-likeness (QED) is 0.515. The van der Waals surface area contributed by atoms with Crippen LogP contribution in [0.1, 0.15) is 20.7 Å². The number of nitrogens with one attached hydrogen (secondary N) is 2. The molecule has 0 aromatic heterocycles. The van der Waals surface area contributed by atoms with Crippen molar-refractivity contribution in [2.75, 3.05) is 38.4 Å². The molecular formula is C24H20N2O8. The zero-order valence-electron chi connectivity index (χ0n) is 18.3. The number of fused-ring (bicyclic) bond motifs is 2. The van der Waals surface area contributed by atoms with Gasteiger partial charge in [-0.3, -0.25) is 0 Å². The number of esters is 2. The Morgan fingerprint density at radius 1 is 0.647 bits per heavy atom. The largest absolute Gasteiger partial charge is 0.465 e. The lowest BCUT2D eigenvalue weighted by atomic mass is 10.0. The molecule has 2 aliphatic heterocycles. The van der Waals surface area contributed by atoms with E-state index in [0.29, 0.717) is 45.7 Å². The maximum atomic E-state index is 12.6. The Hall–Kier alpha value is -4.60. The highest BCUT2D eigenvalue weighted by Gasteiger charge is 2.22. The molecule has 2 heterocycles. The Morgan fingerprint density at radius 2 is 1.06 bits per heavy atom. The number of methoxy groups -OCH3 is 2. The van der Waals surface area contributed by atoms with Gasteiger partial charge < -0.3 is 39.1 Å². The summed E-state index contributed by atoms with van der Waals surface area (Å²) in [5.74, 6) is 1.20. The van der Waals surface area contributed by atoms with Crippen molar-refractivity contribution in [2.45, 2.75) is 0 Å². The van der Waals surface area contributed by atoms with E-state index in [9.17, 15) is 9.59 Å². The molecule has 34 heavy (non-hydrogen) atoms. The van der Waals surface area contributed by atoms with Gasteiger partial charge in [0.05, 0.1) is 36.7 Å². The van der Waals surface area contributed by atoms with E-state index in [1.165, 1.54) is 26.4 Å². The van der Waals surface area contributed by atoms with Crippen molar-refractivity contribution in [2.24, 2.45) is 0 Å². The second kappa shape index (κ2) is 8.74. The molecule has 3 aromatic rings. The van der Waals surface area contributed by atoms with E-state index in [4.69, 9.17) is 28.4 Å². The average molecular weight is 464 g/mol. The highest BCUT2D eigenvalue weighted by Crippen LogP contribution is 2.38. The molecule has 2 aliphatic rings. The molecule has 0 atom stereocenters. The van der Waals surface area contributed by atoms with Crippen molar-refractivity contribution >= 4 is 34.7 Å². The number of benzene rings is 3. The number of anilines is 4. The Kier molecular flexibility index (Phi) is 5.46. The molecule has 0 saturated heterocycles. The molecule has 0 bridgehead atoms. The van der Waals surface area contributed by atoms with Gasteiger partial charge in [-0.15, -0.1) is 0 Å². The fourth-order valence-electron chi connectivity index (χ4n) is 3.62. The molecule has 10 heteroatoms. The molecule has 0 saturated carbocycles. The number of ether oxygens (including phenoxy) is 6. The minimum Gasteiger partial charge on any atom is -0.465 e. The molecule has 3 aromatic carbocycles. The normalized spacial score (nSPS) is 12.8. The van der Waals surface area contributed by atoms with E-state index >= 15 is 0 Å². The lowest BCUT2D eigenvalue weighted by Crippen LogP contribution is -2.12. The highest BCUT2D eigenvalue weighted by atomic mass is 16.7. The topological polar surface area (TPSA) is 114 Å². The second-order valence-corrected chi connectivity index (χ2v) is 7.31. The first kappa shape index (κ1) is 21.3. The lowest BCUT2D eigenvalue weighted by molar-refractivity contribution is 0.0588. The minimum atomic E-state index is -0.589. The van der Waals surface area contributed by atoms with Crippen LogP contribution in [0.3, 0.4) is 0 Å². The molecule has 174 valence electrons.